The molecule has 7 nitrogen and oxygen atoms in total. The first kappa shape index (κ1) is 17.7. The summed E-state index contributed by atoms with van der Waals surface area (Å²) in [7, 11) is 1.42. The third kappa shape index (κ3) is 4.08. The minimum Gasteiger partial charge on any atom is -0.496 e. The molecule has 2 aromatic carbocycles. The topological polar surface area (TPSA) is 90.7 Å². The zero-order valence-electron chi connectivity index (χ0n) is 14.0. The Morgan fingerprint density at radius 1 is 1.31 bits per heavy atom. The van der Waals surface area contributed by atoms with Crippen molar-refractivity contribution in [3.63, 3.8) is 0 Å². The highest BCUT2D eigenvalue weighted by Gasteiger charge is 2.25. The number of nitro groups is 1. The Kier molecular flexibility index (Phi) is 5.01. The summed E-state index contributed by atoms with van der Waals surface area (Å²) in [6.07, 6.45) is 1.94. The second-order valence-corrected chi connectivity index (χ2v) is 5.94. The van der Waals surface area contributed by atoms with Gasteiger partial charge in [-0.25, -0.2) is 9.18 Å². The molecule has 136 valence electrons. The van der Waals surface area contributed by atoms with E-state index in [1.807, 2.05) is 0 Å². The van der Waals surface area contributed by atoms with Crippen molar-refractivity contribution in [3.8, 4) is 5.75 Å². The van der Waals surface area contributed by atoms with E-state index in [2.05, 4.69) is 5.32 Å². The summed E-state index contributed by atoms with van der Waals surface area (Å²) < 4.78 is 23.6. The fraction of sp³-hybridized carbons (Fsp3) is 0.278. The molecular weight excluding hydrogens is 343 g/mol. The van der Waals surface area contributed by atoms with Crippen LogP contribution in [0.15, 0.2) is 36.4 Å². The number of hydrogen-bond acceptors (Lipinski definition) is 6. The van der Waals surface area contributed by atoms with E-state index in [1.165, 1.54) is 43.5 Å². The van der Waals surface area contributed by atoms with E-state index in [0.717, 1.165) is 12.8 Å². The van der Waals surface area contributed by atoms with Gasteiger partial charge in [-0.2, -0.15) is 0 Å². The van der Waals surface area contributed by atoms with Crippen molar-refractivity contribution in [2.75, 3.05) is 12.4 Å². The molecule has 0 aromatic heterocycles. The molecule has 0 heterocycles. The minimum atomic E-state index is -0.739. The Labute approximate surface area is 148 Å². The molecule has 0 spiro atoms. The van der Waals surface area contributed by atoms with Gasteiger partial charge < -0.3 is 14.8 Å². The van der Waals surface area contributed by atoms with Gasteiger partial charge in [-0.3, -0.25) is 10.1 Å². The summed E-state index contributed by atoms with van der Waals surface area (Å²) in [6.45, 7) is -0.213. The fourth-order valence-electron chi connectivity index (χ4n) is 2.47. The molecule has 0 atom stereocenters. The number of rotatable bonds is 7. The molecule has 26 heavy (non-hydrogen) atoms. The van der Waals surface area contributed by atoms with Gasteiger partial charge in [0.25, 0.3) is 5.69 Å². The van der Waals surface area contributed by atoms with Crippen LogP contribution in [0.3, 0.4) is 0 Å². The van der Waals surface area contributed by atoms with Gasteiger partial charge in [0.05, 0.1) is 17.6 Å². The number of carbonyl (C=O) groups is 1. The van der Waals surface area contributed by atoms with Crippen molar-refractivity contribution in [2.45, 2.75) is 25.5 Å². The number of nitrogens with zero attached hydrogens (tertiary/aromatic N) is 1. The first-order valence-electron chi connectivity index (χ1n) is 8.02. The number of halogens is 1. The summed E-state index contributed by atoms with van der Waals surface area (Å²) in [5, 5.41) is 14.3. The summed E-state index contributed by atoms with van der Waals surface area (Å²) >= 11 is 0. The Morgan fingerprint density at radius 2 is 2.08 bits per heavy atom. The van der Waals surface area contributed by atoms with E-state index in [-0.39, 0.29) is 23.9 Å². The SMILES string of the molecule is COc1ccc(F)cc1COC(=O)c1ccc(NC2CC2)c([N+](=O)[O-])c1. The summed E-state index contributed by atoms with van der Waals surface area (Å²) in [5.41, 5.74) is 0.603. The van der Waals surface area contributed by atoms with Crippen LogP contribution in [-0.2, 0) is 11.3 Å². The minimum absolute atomic E-state index is 0.0495. The molecule has 1 saturated carbocycles. The number of benzene rings is 2. The molecule has 0 saturated heterocycles. The normalized spacial score (nSPS) is 13.2. The number of nitro benzene ring substituents is 1. The van der Waals surface area contributed by atoms with E-state index in [9.17, 15) is 19.3 Å². The highest BCUT2D eigenvalue weighted by Crippen LogP contribution is 2.32. The summed E-state index contributed by atoms with van der Waals surface area (Å²) in [4.78, 5) is 22.9. The van der Waals surface area contributed by atoms with Gasteiger partial charge >= 0.3 is 5.97 Å². The van der Waals surface area contributed by atoms with Crippen LogP contribution in [0.2, 0.25) is 0 Å². The van der Waals surface area contributed by atoms with Crippen LogP contribution in [0.5, 0.6) is 5.75 Å². The van der Waals surface area contributed by atoms with Gasteiger partial charge in [-0.15, -0.1) is 0 Å². The lowest BCUT2D eigenvalue weighted by atomic mass is 10.1. The molecule has 8 heteroatoms. The molecule has 2 aromatic rings. The van der Waals surface area contributed by atoms with Crippen LogP contribution in [0.1, 0.15) is 28.8 Å². The smallest absolute Gasteiger partial charge is 0.338 e. The molecule has 1 aliphatic rings. The van der Waals surface area contributed by atoms with E-state index in [1.54, 1.807) is 0 Å². The first-order chi connectivity index (χ1) is 12.5. The maximum Gasteiger partial charge on any atom is 0.338 e. The average molecular weight is 360 g/mol. The molecule has 3 rings (SSSR count). The van der Waals surface area contributed by atoms with Gasteiger partial charge in [0.15, 0.2) is 0 Å². The Morgan fingerprint density at radius 3 is 2.73 bits per heavy atom. The Balaban J connectivity index is 1.74. The molecule has 0 aliphatic heterocycles. The largest absolute Gasteiger partial charge is 0.496 e. The van der Waals surface area contributed by atoms with Gasteiger partial charge in [0.2, 0.25) is 0 Å². The molecule has 0 radical (unpaired) electrons. The second-order valence-electron chi connectivity index (χ2n) is 5.94. The van der Waals surface area contributed by atoms with Gasteiger partial charge in [0.1, 0.15) is 23.9 Å². The molecule has 1 aliphatic carbocycles. The molecule has 0 bridgehead atoms. The highest BCUT2D eigenvalue weighted by molar-refractivity contribution is 5.91. The lowest BCUT2D eigenvalue weighted by molar-refractivity contribution is -0.384. The van der Waals surface area contributed by atoms with Crippen LogP contribution < -0.4 is 10.1 Å². The third-order valence-electron chi connectivity index (χ3n) is 3.97. The fourth-order valence-corrected chi connectivity index (χ4v) is 2.47. The number of esters is 1. The maximum absolute atomic E-state index is 13.3. The molecule has 1 N–H and O–H groups in total. The highest BCUT2D eigenvalue weighted by atomic mass is 19.1. The average Bonchev–Trinajstić information content (AvgIpc) is 3.44. The number of ether oxygens (including phenoxy) is 2. The molecular formula is C18H17FN2O5. The van der Waals surface area contributed by atoms with E-state index >= 15 is 0 Å². The predicted octanol–water partition coefficient (Wildman–Crippen LogP) is 3.67. The molecule has 1 fully saturated rings. The van der Waals surface area contributed by atoms with Crippen molar-refractivity contribution < 1.29 is 23.6 Å². The Bertz CT molecular complexity index is 851. The second kappa shape index (κ2) is 7.38. The van der Waals surface area contributed by atoms with E-state index < -0.39 is 16.7 Å². The number of carbonyl (C=O) groups excluding carboxylic acids is 1. The monoisotopic (exact) mass is 360 g/mol. The van der Waals surface area contributed by atoms with Crippen molar-refractivity contribution in [1.82, 2.24) is 0 Å². The summed E-state index contributed by atoms with van der Waals surface area (Å²) in [5.74, 6) is -0.838. The quantitative estimate of drug-likeness (QED) is 0.460. The number of nitrogens with one attached hydrogen (secondary N) is 1. The predicted molar refractivity (Wildman–Crippen MR) is 91.8 cm³/mol. The van der Waals surface area contributed by atoms with Crippen molar-refractivity contribution in [2.24, 2.45) is 0 Å². The van der Waals surface area contributed by atoms with Crippen LogP contribution in [0.4, 0.5) is 15.8 Å². The van der Waals surface area contributed by atoms with Crippen molar-refractivity contribution in [1.29, 1.82) is 0 Å². The number of hydrogen-bond donors (Lipinski definition) is 1. The van der Waals surface area contributed by atoms with Crippen LogP contribution in [-0.4, -0.2) is 24.0 Å². The number of anilines is 1. The standard InChI is InChI=1S/C18H17FN2O5/c1-25-17-7-3-13(19)8-12(17)10-26-18(22)11-2-6-15(20-14-4-5-14)16(9-11)21(23)24/h2-3,6-9,14,20H,4-5,10H2,1H3. The molecule has 0 amide bonds. The van der Waals surface area contributed by atoms with Gasteiger partial charge in [-0.05, 0) is 43.2 Å². The molecule has 0 unspecified atom stereocenters. The Hall–Kier alpha value is -3.16. The van der Waals surface area contributed by atoms with Crippen molar-refractivity contribution >= 4 is 17.3 Å². The van der Waals surface area contributed by atoms with E-state index in [4.69, 9.17) is 9.47 Å². The lowest BCUT2D eigenvalue weighted by Gasteiger charge is -2.10. The van der Waals surface area contributed by atoms with Crippen LogP contribution in [0.25, 0.3) is 0 Å². The zero-order valence-corrected chi connectivity index (χ0v) is 14.0. The van der Waals surface area contributed by atoms with Crippen molar-refractivity contribution in [3.05, 3.63) is 63.5 Å². The third-order valence-corrected chi connectivity index (χ3v) is 3.97. The summed E-state index contributed by atoms with van der Waals surface area (Å²) in [6, 6.07) is 8.25. The van der Waals surface area contributed by atoms with Crippen LogP contribution >= 0.6 is 0 Å². The van der Waals surface area contributed by atoms with Crippen LogP contribution in [0, 0.1) is 15.9 Å². The van der Waals surface area contributed by atoms with Gasteiger partial charge in [-0.1, -0.05) is 0 Å². The maximum atomic E-state index is 13.3. The zero-order chi connectivity index (χ0) is 18.7. The van der Waals surface area contributed by atoms with Gasteiger partial charge in [0, 0.05) is 17.7 Å². The lowest BCUT2D eigenvalue weighted by Crippen LogP contribution is -2.09. The first-order valence-corrected chi connectivity index (χ1v) is 8.02. The van der Waals surface area contributed by atoms with E-state index in [0.29, 0.717) is 17.0 Å². The number of methoxy groups -OCH3 is 1.